The van der Waals surface area contributed by atoms with Crippen LogP contribution in [0.5, 0.6) is 0 Å². The van der Waals surface area contributed by atoms with E-state index in [0.717, 1.165) is 12.3 Å². The zero-order valence-corrected chi connectivity index (χ0v) is 21.4. The molecule has 0 radical (unpaired) electrons. The van der Waals surface area contributed by atoms with Gasteiger partial charge in [0.25, 0.3) is 0 Å². The van der Waals surface area contributed by atoms with Gasteiger partial charge < -0.3 is 4.74 Å². The molecule has 2 unspecified atom stereocenters. The number of hydrogen-bond acceptors (Lipinski definition) is 1. The molecule has 1 saturated heterocycles. The zero-order valence-electron chi connectivity index (χ0n) is 19.6. The lowest BCUT2D eigenvalue weighted by atomic mass is 9.91. The van der Waals surface area contributed by atoms with E-state index >= 15 is 0 Å². The Kier molecular flexibility index (Phi) is 6.26. The number of fused-ring (bicyclic) bond motifs is 1. The molecule has 2 aliphatic rings. The zero-order chi connectivity index (χ0) is 23.6. The van der Waals surface area contributed by atoms with Crippen molar-refractivity contribution >= 4 is 37.1 Å². The van der Waals surface area contributed by atoms with E-state index in [2.05, 4.69) is 146 Å². The van der Waals surface area contributed by atoms with Crippen LogP contribution in [-0.4, -0.2) is 23.5 Å². The van der Waals surface area contributed by atoms with Gasteiger partial charge in [0.05, 0.1) is 0 Å². The summed E-state index contributed by atoms with van der Waals surface area (Å²) in [5, 5.41) is 5.63. The van der Waals surface area contributed by atoms with Gasteiger partial charge in [0.2, 0.25) is 0 Å². The fraction of sp³-hybridized carbons (Fsp3) is 0.125. The smallest absolute Gasteiger partial charge is 0.125 e. The molecule has 1 aliphatic carbocycles. The van der Waals surface area contributed by atoms with Gasteiger partial charge in [-0.3, -0.25) is 0 Å². The number of hydrogen-bond donors (Lipinski definition) is 0. The van der Waals surface area contributed by atoms with Gasteiger partial charge in [-0.15, -0.1) is 0 Å². The number of allylic oxidation sites excluding steroid dienone is 2. The van der Waals surface area contributed by atoms with Crippen LogP contribution in [0.2, 0.25) is 0 Å². The maximum Gasteiger partial charge on any atom is 0.125 e. The van der Waals surface area contributed by atoms with Gasteiger partial charge in [-0.2, -0.15) is 0 Å². The van der Waals surface area contributed by atoms with Gasteiger partial charge in [-0.1, -0.05) is 133 Å². The summed E-state index contributed by atoms with van der Waals surface area (Å²) in [6.45, 7) is 0. The highest BCUT2D eigenvalue weighted by atomic mass is 31.1. The van der Waals surface area contributed by atoms with E-state index in [1.165, 1.54) is 21.2 Å². The first kappa shape index (κ1) is 22.6. The van der Waals surface area contributed by atoms with Crippen molar-refractivity contribution in [2.45, 2.75) is 11.2 Å². The molecule has 35 heavy (non-hydrogen) atoms. The summed E-state index contributed by atoms with van der Waals surface area (Å²) in [6.07, 6.45) is 11.0. The molecular weight excluding hydrogens is 462 g/mol. The maximum absolute atomic E-state index is 6.86. The van der Waals surface area contributed by atoms with Gasteiger partial charge in [0, 0.05) is 12.3 Å². The minimum Gasteiger partial charge on any atom is -0.353 e. The molecule has 6 rings (SSSR count). The lowest BCUT2D eigenvalue weighted by Gasteiger charge is -2.27. The molecule has 3 heteroatoms. The number of ether oxygens (including phenoxy) is 1. The van der Waals surface area contributed by atoms with Crippen molar-refractivity contribution in [1.29, 1.82) is 0 Å². The Morgan fingerprint density at radius 2 is 0.714 bits per heavy atom. The van der Waals surface area contributed by atoms with E-state index in [1.54, 1.807) is 0 Å². The normalized spacial score (nSPS) is 22.3. The molecule has 0 saturated carbocycles. The molecule has 1 nitrogen and oxygen atoms in total. The van der Waals surface area contributed by atoms with Crippen LogP contribution in [0, 0.1) is 0 Å². The Labute approximate surface area is 210 Å². The average molecular weight is 491 g/mol. The van der Waals surface area contributed by atoms with E-state index in [9.17, 15) is 0 Å². The van der Waals surface area contributed by atoms with Crippen LogP contribution >= 0.6 is 15.8 Å². The maximum atomic E-state index is 6.86. The fourth-order valence-corrected chi connectivity index (χ4v) is 10.3. The fourth-order valence-electron chi connectivity index (χ4n) is 5.07. The predicted molar refractivity (Wildman–Crippen MR) is 153 cm³/mol. The molecule has 2 atom stereocenters. The summed E-state index contributed by atoms with van der Waals surface area (Å²) in [6, 6.07) is 43.9. The van der Waals surface area contributed by atoms with E-state index in [0.29, 0.717) is 0 Å². The summed E-state index contributed by atoms with van der Waals surface area (Å²) >= 11 is 0. The van der Waals surface area contributed by atoms with Crippen LogP contribution in [0.1, 0.15) is 0 Å². The van der Waals surface area contributed by atoms with Crippen molar-refractivity contribution in [2.75, 3.05) is 12.3 Å². The third-order valence-electron chi connectivity index (χ3n) is 6.94. The topological polar surface area (TPSA) is 12.5 Å². The second-order valence-corrected chi connectivity index (χ2v) is 13.5. The van der Waals surface area contributed by atoms with Gasteiger partial charge in [0.15, 0.2) is 0 Å². The first-order valence-electron chi connectivity index (χ1n) is 12.1. The molecule has 0 amide bonds. The van der Waals surface area contributed by atoms with Crippen LogP contribution < -0.4 is 21.2 Å². The molecule has 4 aromatic carbocycles. The van der Waals surface area contributed by atoms with E-state index in [-0.39, 0.29) is 11.2 Å². The SMILES string of the molecule is C1=CC2(CP(c3ccccc3)c3ccccc3)OC2(CP(c2ccccc2)c2ccccc2)C=C1. The van der Waals surface area contributed by atoms with Crippen molar-refractivity contribution < 1.29 is 4.74 Å². The standard InChI is InChI=1S/C32H28OP2/c1-5-15-27(16-6-1)34(28-17-7-2-8-18-28)25-31-23-13-14-24-32(31,33-31)26-35(29-19-9-3-10-20-29)30-21-11-4-12-22-30/h1-24H,25-26H2. The van der Waals surface area contributed by atoms with Gasteiger partial charge in [0.1, 0.15) is 11.2 Å². The van der Waals surface area contributed by atoms with E-state index < -0.39 is 15.8 Å². The summed E-state index contributed by atoms with van der Waals surface area (Å²) in [7, 11) is -1.10. The molecule has 0 N–H and O–H groups in total. The molecule has 1 aliphatic heterocycles. The lowest BCUT2D eigenvalue weighted by molar-refractivity contribution is 0.327. The highest BCUT2D eigenvalue weighted by Crippen LogP contribution is 2.61. The summed E-state index contributed by atoms with van der Waals surface area (Å²) in [4.78, 5) is 0. The third-order valence-corrected chi connectivity index (χ3v) is 12.2. The Balaban J connectivity index is 1.36. The molecular formula is C32H28OP2. The Morgan fingerprint density at radius 1 is 0.429 bits per heavy atom. The number of rotatable bonds is 8. The molecule has 1 heterocycles. The van der Waals surface area contributed by atoms with Crippen LogP contribution in [0.4, 0.5) is 0 Å². The van der Waals surface area contributed by atoms with Crippen molar-refractivity contribution in [3.8, 4) is 0 Å². The van der Waals surface area contributed by atoms with E-state index in [4.69, 9.17) is 4.74 Å². The molecule has 0 spiro atoms. The molecule has 4 aromatic rings. The van der Waals surface area contributed by atoms with Gasteiger partial charge in [-0.25, -0.2) is 0 Å². The first-order valence-corrected chi connectivity index (χ1v) is 15.2. The molecule has 0 bridgehead atoms. The average Bonchev–Trinajstić information content (AvgIpc) is 3.61. The van der Waals surface area contributed by atoms with Crippen LogP contribution in [0.3, 0.4) is 0 Å². The number of epoxide rings is 1. The summed E-state index contributed by atoms with van der Waals surface area (Å²) in [5.41, 5.74) is -0.521. The highest BCUT2D eigenvalue weighted by Gasteiger charge is 2.68. The van der Waals surface area contributed by atoms with Crippen molar-refractivity contribution in [1.82, 2.24) is 0 Å². The molecule has 172 valence electrons. The van der Waals surface area contributed by atoms with Crippen LogP contribution in [-0.2, 0) is 4.74 Å². The van der Waals surface area contributed by atoms with Crippen LogP contribution in [0.15, 0.2) is 146 Å². The van der Waals surface area contributed by atoms with Crippen molar-refractivity contribution in [3.05, 3.63) is 146 Å². The second kappa shape index (κ2) is 9.67. The number of benzene rings is 4. The van der Waals surface area contributed by atoms with Crippen molar-refractivity contribution in [2.24, 2.45) is 0 Å². The minimum absolute atomic E-state index is 0.261. The monoisotopic (exact) mass is 490 g/mol. The predicted octanol–water partition coefficient (Wildman–Crippen LogP) is 5.89. The molecule has 0 aromatic heterocycles. The van der Waals surface area contributed by atoms with Crippen LogP contribution in [0.25, 0.3) is 0 Å². The second-order valence-electron chi connectivity index (χ2n) is 9.11. The largest absolute Gasteiger partial charge is 0.353 e. The third kappa shape index (κ3) is 4.46. The first-order chi connectivity index (χ1) is 17.3. The molecule has 1 fully saturated rings. The highest BCUT2D eigenvalue weighted by molar-refractivity contribution is 7.73. The summed E-state index contributed by atoms with van der Waals surface area (Å²) in [5.74, 6) is 0. The Hall–Kier alpha value is -2.82. The summed E-state index contributed by atoms with van der Waals surface area (Å²) < 4.78 is 6.86. The lowest BCUT2D eigenvalue weighted by Crippen LogP contribution is -2.34. The minimum atomic E-state index is -0.549. The van der Waals surface area contributed by atoms with E-state index in [1.807, 2.05) is 0 Å². The quantitative estimate of drug-likeness (QED) is 0.222. The Bertz CT molecular complexity index is 1140. The van der Waals surface area contributed by atoms with Gasteiger partial charge >= 0.3 is 0 Å². The van der Waals surface area contributed by atoms with Gasteiger partial charge in [-0.05, 0) is 49.2 Å². The Morgan fingerprint density at radius 3 is 1.00 bits per heavy atom. The van der Waals surface area contributed by atoms with Crippen molar-refractivity contribution in [3.63, 3.8) is 0 Å².